The highest BCUT2D eigenvalue weighted by Crippen LogP contribution is 2.39. The lowest BCUT2D eigenvalue weighted by Gasteiger charge is -2.18. The topological polar surface area (TPSA) is 75.5 Å². The Kier molecular flexibility index (Phi) is 8.38. The third-order valence-electron chi connectivity index (χ3n) is 6.89. The van der Waals surface area contributed by atoms with Gasteiger partial charge in [0.1, 0.15) is 35.6 Å². The van der Waals surface area contributed by atoms with Crippen molar-refractivity contribution in [2.75, 3.05) is 19.8 Å². The quantitative estimate of drug-likeness (QED) is 0.147. The van der Waals surface area contributed by atoms with Gasteiger partial charge in [0.15, 0.2) is 0 Å². The molecule has 0 spiro atoms. The monoisotopic (exact) mass is 523 g/mol. The summed E-state index contributed by atoms with van der Waals surface area (Å²) < 4.78 is 19.9. The maximum absolute atomic E-state index is 13.0. The van der Waals surface area contributed by atoms with Gasteiger partial charge in [-0.2, -0.15) is 0 Å². The van der Waals surface area contributed by atoms with Crippen molar-refractivity contribution in [2.24, 2.45) is 5.92 Å². The first-order valence-corrected chi connectivity index (χ1v) is 17.2. The van der Waals surface area contributed by atoms with E-state index in [0.717, 1.165) is 34.3 Å². The molecule has 200 valence electrons. The molecule has 1 aromatic carbocycles. The van der Waals surface area contributed by atoms with Crippen LogP contribution in [0.3, 0.4) is 0 Å². The number of ether oxygens (including phenoxy) is 3. The highest BCUT2D eigenvalue weighted by molar-refractivity contribution is 6.76. The Balaban J connectivity index is 1.85. The minimum atomic E-state index is -1.24. The summed E-state index contributed by atoms with van der Waals surface area (Å²) in [5.41, 5.74) is 5.44. The Morgan fingerprint density at radius 3 is 2.59 bits per heavy atom. The van der Waals surface area contributed by atoms with E-state index in [0.29, 0.717) is 49.5 Å². The number of carbonyl (C=O) groups is 1. The van der Waals surface area contributed by atoms with Crippen LogP contribution in [0.5, 0.6) is 5.75 Å². The SMILES string of the molecule is CCOC(=O)c1c(C)n(COCC[Si](C)(C)C)c2c(-c3cc(C(C)C)ccc3OCC3CC3)ncnc12. The molecule has 2 aromatic heterocycles. The molecule has 1 aliphatic carbocycles. The Morgan fingerprint density at radius 1 is 1.19 bits per heavy atom. The number of benzene rings is 1. The predicted molar refractivity (Wildman–Crippen MR) is 150 cm³/mol. The van der Waals surface area contributed by atoms with Crippen LogP contribution in [0.1, 0.15) is 61.1 Å². The Morgan fingerprint density at radius 2 is 1.95 bits per heavy atom. The predicted octanol–water partition coefficient (Wildman–Crippen LogP) is 6.81. The van der Waals surface area contributed by atoms with Gasteiger partial charge >= 0.3 is 5.97 Å². The van der Waals surface area contributed by atoms with E-state index < -0.39 is 8.07 Å². The van der Waals surface area contributed by atoms with Crippen molar-refractivity contribution in [3.8, 4) is 17.0 Å². The van der Waals surface area contributed by atoms with Crippen LogP contribution in [0.15, 0.2) is 24.5 Å². The molecule has 4 rings (SSSR count). The average molecular weight is 524 g/mol. The summed E-state index contributed by atoms with van der Waals surface area (Å²) in [5, 5.41) is 0. The molecule has 7 nitrogen and oxygen atoms in total. The number of rotatable bonds is 12. The summed E-state index contributed by atoms with van der Waals surface area (Å²) >= 11 is 0. The molecule has 0 atom stereocenters. The van der Waals surface area contributed by atoms with Crippen LogP contribution in [0.2, 0.25) is 25.7 Å². The highest BCUT2D eigenvalue weighted by atomic mass is 28.3. The first kappa shape index (κ1) is 27.3. The van der Waals surface area contributed by atoms with E-state index in [1.165, 1.54) is 24.7 Å². The van der Waals surface area contributed by atoms with E-state index in [1.807, 2.05) is 18.4 Å². The minimum Gasteiger partial charge on any atom is -0.493 e. The van der Waals surface area contributed by atoms with E-state index >= 15 is 0 Å². The number of nitrogens with zero attached hydrogens (tertiary/aromatic N) is 3. The number of esters is 1. The van der Waals surface area contributed by atoms with Gasteiger partial charge in [-0.25, -0.2) is 14.8 Å². The molecule has 0 radical (unpaired) electrons. The summed E-state index contributed by atoms with van der Waals surface area (Å²) in [6.07, 6.45) is 3.97. The van der Waals surface area contributed by atoms with Crippen LogP contribution in [0.4, 0.5) is 0 Å². The van der Waals surface area contributed by atoms with Crippen molar-refractivity contribution in [3.63, 3.8) is 0 Å². The first-order chi connectivity index (χ1) is 17.6. The molecular weight excluding hydrogens is 482 g/mol. The zero-order valence-corrected chi connectivity index (χ0v) is 24.4. The fraction of sp³-hybridized carbons (Fsp3) is 0.552. The third kappa shape index (κ3) is 6.41. The standard InChI is InChI=1S/C29H41N3O4Si/c1-8-35-29(33)25-20(4)32(18-34-13-14-37(5,6)7)28-26(30-17-31-27(25)28)23-15-22(19(2)3)11-12-24(23)36-16-21-9-10-21/h11-12,15,17,19,21H,8-10,13-14,16,18H2,1-7H3. The molecule has 2 heterocycles. The molecule has 0 saturated heterocycles. The molecule has 0 amide bonds. The van der Waals surface area contributed by atoms with Gasteiger partial charge in [0.2, 0.25) is 0 Å². The summed E-state index contributed by atoms with van der Waals surface area (Å²) in [6, 6.07) is 7.41. The average Bonchev–Trinajstić information content (AvgIpc) is 3.62. The number of fused-ring (bicyclic) bond motifs is 1. The van der Waals surface area contributed by atoms with E-state index in [2.05, 4.69) is 56.7 Å². The normalized spacial score (nSPS) is 13.9. The molecule has 3 aromatic rings. The lowest BCUT2D eigenvalue weighted by molar-refractivity contribution is 0.0525. The van der Waals surface area contributed by atoms with Crippen molar-refractivity contribution in [3.05, 3.63) is 41.3 Å². The Bertz CT molecular complexity index is 1260. The van der Waals surface area contributed by atoms with E-state index in [4.69, 9.17) is 19.2 Å². The van der Waals surface area contributed by atoms with Crippen molar-refractivity contribution >= 4 is 25.1 Å². The van der Waals surface area contributed by atoms with Gasteiger partial charge in [-0.15, -0.1) is 0 Å². The molecule has 37 heavy (non-hydrogen) atoms. The van der Waals surface area contributed by atoms with Crippen molar-refractivity contribution in [2.45, 2.75) is 78.9 Å². The van der Waals surface area contributed by atoms with Crippen LogP contribution in [-0.2, 0) is 16.2 Å². The van der Waals surface area contributed by atoms with E-state index in [-0.39, 0.29) is 5.97 Å². The molecule has 1 aliphatic rings. The Hall–Kier alpha value is -2.71. The second kappa shape index (κ2) is 11.4. The number of hydrogen-bond acceptors (Lipinski definition) is 6. The van der Waals surface area contributed by atoms with Gasteiger partial charge in [-0.05, 0) is 62.3 Å². The maximum Gasteiger partial charge on any atom is 0.342 e. The van der Waals surface area contributed by atoms with Crippen LogP contribution in [0.25, 0.3) is 22.3 Å². The molecule has 1 saturated carbocycles. The largest absolute Gasteiger partial charge is 0.493 e. The molecule has 8 heteroatoms. The van der Waals surface area contributed by atoms with Gasteiger partial charge < -0.3 is 18.8 Å². The van der Waals surface area contributed by atoms with Gasteiger partial charge in [-0.1, -0.05) is 39.6 Å². The maximum atomic E-state index is 13.0. The molecule has 0 unspecified atom stereocenters. The van der Waals surface area contributed by atoms with Crippen molar-refractivity contribution in [1.29, 1.82) is 0 Å². The fourth-order valence-electron chi connectivity index (χ4n) is 4.34. The second-order valence-electron chi connectivity index (χ2n) is 11.5. The van der Waals surface area contributed by atoms with E-state index in [9.17, 15) is 4.79 Å². The molecule has 0 N–H and O–H groups in total. The lowest BCUT2D eigenvalue weighted by atomic mass is 9.98. The molecule has 1 fully saturated rings. The minimum absolute atomic E-state index is 0.297. The zero-order chi connectivity index (χ0) is 26.7. The van der Waals surface area contributed by atoms with Crippen LogP contribution in [0, 0.1) is 12.8 Å². The molecule has 0 aliphatic heterocycles. The smallest absolute Gasteiger partial charge is 0.342 e. The summed E-state index contributed by atoms with van der Waals surface area (Å²) in [6.45, 7) is 17.1. The van der Waals surface area contributed by atoms with Crippen LogP contribution in [-0.4, -0.2) is 48.4 Å². The number of carbonyl (C=O) groups excluding carboxylic acids is 1. The lowest BCUT2D eigenvalue weighted by Crippen LogP contribution is -2.22. The van der Waals surface area contributed by atoms with Crippen LogP contribution < -0.4 is 4.74 Å². The van der Waals surface area contributed by atoms with Gasteiger partial charge in [0.05, 0.1) is 18.7 Å². The zero-order valence-electron chi connectivity index (χ0n) is 23.4. The van der Waals surface area contributed by atoms with Crippen molar-refractivity contribution < 1.29 is 19.0 Å². The second-order valence-corrected chi connectivity index (χ2v) is 17.2. The first-order valence-electron chi connectivity index (χ1n) is 13.5. The summed E-state index contributed by atoms with van der Waals surface area (Å²) in [7, 11) is -1.24. The Labute approximate surface area is 221 Å². The fourth-order valence-corrected chi connectivity index (χ4v) is 5.10. The van der Waals surface area contributed by atoms with Crippen molar-refractivity contribution in [1.82, 2.24) is 14.5 Å². The molecule has 0 bridgehead atoms. The summed E-state index contributed by atoms with van der Waals surface area (Å²) in [5.74, 6) is 1.40. The van der Waals surface area contributed by atoms with E-state index in [1.54, 1.807) is 0 Å². The van der Waals surface area contributed by atoms with Crippen LogP contribution >= 0.6 is 0 Å². The van der Waals surface area contributed by atoms with Gasteiger partial charge in [-0.3, -0.25) is 0 Å². The molecular formula is C29H41N3O4Si. The number of aromatic nitrogens is 3. The van der Waals surface area contributed by atoms with Gasteiger partial charge in [0.25, 0.3) is 0 Å². The van der Waals surface area contributed by atoms with Gasteiger partial charge in [0, 0.05) is 25.9 Å². The third-order valence-corrected chi connectivity index (χ3v) is 8.59. The summed E-state index contributed by atoms with van der Waals surface area (Å²) in [4.78, 5) is 22.4. The number of hydrogen-bond donors (Lipinski definition) is 0. The highest BCUT2D eigenvalue weighted by Gasteiger charge is 2.28.